The first-order chi connectivity index (χ1) is 4.09. The van der Waals surface area contributed by atoms with Gasteiger partial charge in [0.15, 0.2) is 6.29 Å². The summed E-state index contributed by atoms with van der Waals surface area (Å²) in [4.78, 5) is 19.8. The Morgan fingerprint density at radius 1 is 1.22 bits per heavy atom. The van der Waals surface area contributed by atoms with Crippen LogP contribution < -0.4 is 0 Å². The molecule has 0 unspecified atom stereocenters. The number of hydrogen-bond acceptors (Lipinski definition) is 2. The lowest BCUT2D eigenvalue weighted by Gasteiger charge is -1.85. The Hall–Kier alpha value is -0.0500. The van der Waals surface area contributed by atoms with Gasteiger partial charge in [0.05, 0.1) is 0 Å². The Balaban J connectivity index is 4.47. The average molecular weight is 187 g/mol. The number of carbonyl (C=O) groups excluding carboxylic acids is 2. The lowest BCUT2D eigenvalue weighted by atomic mass is 10.5. The van der Waals surface area contributed by atoms with Crippen LogP contribution in [0.4, 0.5) is 0 Å². The van der Waals surface area contributed by atoms with E-state index in [2.05, 4.69) is 0 Å². The van der Waals surface area contributed by atoms with Gasteiger partial charge in [0.25, 0.3) is 5.24 Å². The van der Waals surface area contributed by atoms with Gasteiger partial charge in [0, 0.05) is 0 Å². The maximum absolute atomic E-state index is 10.1. The number of allylic oxidation sites excluding steroid dienone is 2. The molecule has 50 valence electrons. The lowest BCUT2D eigenvalue weighted by Crippen LogP contribution is -1.88. The minimum atomic E-state index is -0.936. The van der Waals surface area contributed by atoms with E-state index in [4.69, 9.17) is 34.8 Å². The minimum absolute atomic E-state index is 0.240. The van der Waals surface area contributed by atoms with Crippen LogP contribution in [0, 0.1) is 0 Å². The molecule has 0 fully saturated rings. The van der Waals surface area contributed by atoms with Crippen LogP contribution in [0.25, 0.3) is 0 Å². The van der Waals surface area contributed by atoms with Crippen LogP contribution in [-0.4, -0.2) is 11.5 Å². The van der Waals surface area contributed by atoms with Gasteiger partial charge in [-0.2, -0.15) is 0 Å². The maximum Gasteiger partial charge on any atom is 0.265 e. The zero-order valence-electron chi connectivity index (χ0n) is 4.03. The van der Waals surface area contributed by atoms with Gasteiger partial charge >= 0.3 is 0 Å². The summed E-state index contributed by atoms with van der Waals surface area (Å²) >= 11 is 15.0. The summed E-state index contributed by atoms with van der Waals surface area (Å²) in [6, 6.07) is 0. The van der Waals surface area contributed by atoms with Crippen molar-refractivity contribution in [2.45, 2.75) is 0 Å². The molecule has 5 heteroatoms. The van der Waals surface area contributed by atoms with Gasteiger partial charge in [-0.1, -0.05) is 23.2 Å². The third-order valence-corrected chi connectivity index (χ3v) is 1.52. The predicted molar refractivity (Wildman–Crippen MR) is 35.7 cm³/mol. The summed E-state index contributed by atoms with van der Waals surface area (Å²) in [6.07, 6.45) is 0.240. The van der Waals surface area contributed by atoms with Crippen LogP contribution in [0.15, 0.2) is 10.1 Å². The Bertz CT molecular complexity index is 173. The second-order valence-corrected chi connectivity index (χ2v) is 2.18. The summed E-state index contributed by atoms with van der Waals surface area (Å²) in [5.41, 5.74) is 0. The molecule has 0 aliphatic rings. The van der Waals surface area contributed by atoms with Crippen LogP contribution >= 0.6 is 34.8 Å². The SMILES string of the molecule is O=C/C(Cl)=C(\Cl)C(=O)Cl. The molecule has 0 atom stereocenters. The van der Waals surface area contributed by atoms with Crippen molar-refractivity contribution in [3.8, 4) is 0 Å². The standard InChI is InChI=1S/C4HCl3O2/c5-2(1-8)3(6)4(7)9/h1H/b3-2+. The van der Waals surface area contributed by atoms with E-state index >= 15 is 0 Å². The Labute approximate surface area is 66.4 Å². The summed E-state index contributed by atoms with van der Waals surface area (Å²) in [5, 5.41) is -1.77. The number of carbonyl (C=O) groups is 2. The normalized spacial score (nSPS) is 12.3. The van der Waals surface area contributed by atoms with Crippen molar-refractivity contribution in [1.29, 1.82) is 0 Å². The van der Waals surface area contributed by atoms with Crippen molar-refractivity contribution in [3.63, 3.8) is 0 Å². The van der Waals surface area contributed by atoms with E-state index in [1.54, 1.807) is 0 Å². The zero-order valence-corrected chi connectivity index (χ0v) is 6.30. The summed E-state index contributed by atoms with van der Waals surface area (Å²) in [6.45, 7) is 0. The lowest BCUT2D eigenvalue weighted by molar-refractivity contribution is -0.109. The monoisotopic (exact) mass is 186 g/mol. The summed E-state index contributed by atoms with van der Waals surface area (Å²) in [5.74, 6) is 0. The Morgan fingerprint density at radius 3 is 1.78 bits per heavy atom. The molecule has 0 N–H and O–H groups in total. The van der Waals surface area contributed by atoms with Crippen LogP contribution in [0.2, 0.25) is 0 Å². The quantitative estimate of drug-likeness (QED) is 0.374. The molecule has 0 amide bonds. The highest BCUT2D eigenvalue weighted by atomic mass is 35.5. The molecule has 0 spiro atoms. The highest BCUT2D eigenvalue weighted by molar-refractivity contribution is 6.75. The fourth-order valence-electron chi connectivity index (χ4n) is 0.146. The molecule has 0 rings (SSSR count). The summed E-state index contributed by atoms with van der Waals surface area (Å²) in [7, 11) is 0. The van der Waals surface area contributed by atoms with E-state index in [1.807, 2.05) is 0 Å². The van der Waals surface area contributed by atoms with Crippen LogP contribution in [0.3, 0.4) is 0 Å². The van der Waals surface area contributed by atoms with Crippen molar-refractivity contribution >= 4 is 46.3 Å². The van der Waals surface area contributed by atoms with Gasteiger partial charge in [-0.3, -0.25) is 9.59 Å². The van der Waals surface area contributed by atoms with Gasteiger partial charge in [0.1, 0.15) is 10.1 Å². The minimum Gasteiger partial charge on any atom is -0.297 e. The van der Waals surface area contributed by atoms with Crippen LogP contribution in [0.1, 0.15) is 0 Å². The molecule has 0 radical (unpaired) electrons. The van der Waals surface area contributed by atoms with E-state index in [0.717, 1.165) is 0 Å². The third-order valence-electron chi connectivity index (χ3n) is 0.486. The van der Waals surface area contributed by atoms with Crippen molar-refractivity contribution in [2.24, 2.45) is 0 Å². The van der Waals surface area contributed by atoms with Crippen LogP contribution in [-0.2, 0) is 9.59 Å². The van der Waals surface area contributed by atoms with Gasteiger partial charge in [0.2, 0.25) is 0 Å². The van der Waals surface area contributed by atoms with Crippen molar-refractivity contribution in [1.82, 2.24) is 0 Å². The average Bonchev–Trinajstić information content (AvgIpc) is 1.84. The first-order valence-corrected chi connectivity index (χ1v) is 2.93. The second-order valence-electron chi connectivity index (χ2n) is 1.05. The fraction of sp³-hybridized carbons (Fsp3) is 0. The molecule has 2 nitrogen and oxygen atoms in total. The molecular weight excluding hydrogens is 186 g/mol. The first-order valence-electron chi connectivity index (χ1n) is 1.80. The molecule has 0 bridgehead atoms. The number of aldehydes is 1. The Morgan fingerprint density at radius 2 is 1.67 bits per heavy atom. The van der Waals surface area contributed by atoms with E-state index < -0.39 is 10.3 Å². The van der Waals surface area contributed by atoms with Gasteiger partial charge in [-0.25, -0.2) is 0 Å². The Kier molecular flexibility index (Phi) is 3.86. The molecule has 0 aromatic heterocycles. The van der Waals surface area contributed by atoms with E-state index in [1.165, 1.54) is 0 Å². The molecule has 0 heterocycles. The number of halogens is 3. The maximum atomic E-state index is 10.1. The molecule has 0 aromatic rings. The van der Waals surface area contributed by atoms with Crippen LogP contribution in [0.5, 0.6) is 0 Å². The molecule has 0 aromatic carbocycles. The highest BCUT2D eigenvalue weighted by Gasteiger charge is 2.06. The van der Waals surface area contributed by atoms with E-state index in [9.17, 15) is 9.59 Å². The van der Waals surface area contributed by atoms with Gasteiger partial charge in [-0.15, -0.1) is 0 Å². The van der Waals surface area contributed by atoms with E-state index in [0.29, 0.717) is 0 Å². The molecule has 0 saturated heterocycles. The van der Waals surface area contributed by atoms with Crippen molar-refractivity contribution < 1.29 is 9.59 Å². The zero-order chi connectivity index (χ0) is 7.44. The topological polar surface area (TPSA) is 34.1 Å². The number of rotatable bonds is 2. The van der Waals surface area contributed by atoms with Crippen molar-refractivity contribution in [2.75, 3.05) is 0 Å². The highest BCUT2D eigenvalue weighted by Crippen LogP contribution is 2.13. The largest absolute Gasteiger partial charge is 0.297 e. The molecule has 9 heavy (non-hydrogen) atoms. The first kappa shape index (κ1) is 8.95. The summed E-state index contributed by atoms with van der Waals surface area (Å²) < 4.78 is 0. The fourth-order valence-corrected chi connectivity index (χ4v) is 0.426. The van der Waals surface area contributed by atoms with E-state index in [-0.39, 0.29) is 11.3 Å². The molecule has 0 saturated carbocycles. The van der Waals surface area contributed by atoms with Crippen molar-refractivity contribution in [3.05, 3.63) is 10.1 Å². The van der Waals surface area contributed by atoms with Gasteiger partial charge in [-0.05, 0) is 11.6 Å². The molecular formula is C4HCl3O2. The third kappa shape index (κ3) is 2.84. The predicted octanol–water partition coefficient (Wildman–Crippen LogP) is 1.64. The smallest absolute Gasteiger partial charge is 0.265 e. The second kappa shape index (κ2) is 3.88. The van der Waals surface area contributed by atoms with Gasteiger partial charge < -0.3 is 0 Å². The molecule has 0 aliphatic heterocycles. The number of hydrogen-bond donors (Lipinski definition) is 0. The molecule has 0 aliphatic carbocycles.